The number of hydrogen-bond donors (Lipinski definition) is 0. The molecule has 1 heteroatoms. The van der Waals surface area contributed by atoms with Gasteiger partial charge >= 0.3 is 0 Å². The Morgan fingerprint density at radius 3 is 2.08 bits per heavy atom. The third-order valence-electron chi connectivity index (χ3n) is 2.87. The minimum Gasteiger partial charge on any atom is -0.0746 e. The van der Waals surface area contributed by atoms with Crippen LogP contribution in [0, 0.1) is 5.41 Å². The third kappa shape index (κ3) is 2.57. The van der Waals surface area contributed by atoms with E-state index in [0.717, 1.165) is 0 Å². The average Bonchev–Trinajstić information content (AvgIpc) is 2.13. The molecule has 0 unspecified atom stereocenters. The summed E-state index contributed by atoms with van der Waals surface area (Å²) in [5, 5.41) is 0. The quantitative estimate of drug-likeness (QED) is 0.577. The summed E-state index contributed by atoms with van der Waals surface area (Å²) in [5.74, 6) is 0. The van der Waals surface area contributed by atoms with Gasteiger partial charge in [-0.3, -0.25) is 0 Å². The summed E-state index contributed by atoms with van der Waals surface area (Å²) in [6, 6.07) is 1.33. The molecule has 0 N–H and O–H groups in total. The van der Waals surface area contributed by atoms with E-state index in [4.69, 9.17) is 0 Å². The van der Waals surface area contributed by atoms with Gasteiger partial charge in [0, 0.05) is 13.5 Å². The fourth-order valence-electron chi connectivity index (χ4n) is 1.74. The monoisotopic (exact) mass is 194 g/mol. The molecule has 0 nitrogen and oxygen atoms in total. The minimum absolute atomic E-state index is 0.314. The van der Waals surface area contributed by atoms with Crippen LogP contribution in [0.2, 0.25) is 25.7 Å². The SMILES string of the molecule is CC1=C(C[Si](C)(C)C)C=CC1(C)C. The number of allylic oxidation sites excluding steroid dienone is 4. The lowest BCUT2D eigenvalue weighted by atomic mass is 9.88. The fourth-order valence-corrected chi connectivity index (χ4v) is 3.26. The van der Waals surface area contributed by atoms with Gasteiger partial charge in [-0.2, -0.15) is 0 Å². The molecule has 0 aliphatic heterocycles. The van der Waals surface area contributed by atoms with Crippen molar-refractivity contribution in [3.8, 4) is 0 Å². The van der Waals surface area contributed by atoms with E-state index in [1.165, 1.54) is 6.04 Å². The second-order valence-electron chi connectivity index (χ2n) is 5.94. The maximum atomic E-state index is 2.44. The molecular weight excluding hydrogens is 172 g/mol. The van der Waals surface area contributed by atoms with E-state index >= 15 is 0 Å². The van der Waals surface area contributed by atoms with E-state index in [9.17, 15) is 0 Å². The summed E-state index contributed by atoms with van der Waals surface area (Å²) in [6.45, 7) is 14.2. The first-order valence-corrected chi connectivity index (χ1v) is 8.82. The molecule has 0 bridgehead atoms. The molecule has 0 amide bonds. The molecular formula is C12H22Si. The smallest absolute Gasteiger partial charge is 0.0487 e. The van der Waals surface area contributed by atoms with Crippen molar-refractivity contribution in [1.82, 2.24) is 0 Å². The summed E-state index contributed by atoms with van der Waals surface area (Å²) in [6.07, 6.45) is 4.69. The molecule has 0 atom stereocenters. The van der Waals surface area contributed by atoms with Gasteiger partial charge in [-0.05, 0) is 13.0 Å². The fraction of sp³-hybridized carbons (Fsp3) is 0.667. The van der Waals surface area contributed by atoms with E-state index in [-0.39, 0.29) is 0 Å². The molecule has 74 valence electrons. The van der Waals surface area contributed by atoms with Gasteiger partial charge in [-0.15, -0.1) is 0 Å². The Kier molecular flexibility index (Phi) is 2.59. The second-order valence-corrected chi connectivity index (χ2v) is 11.4. The Balaban J connectivity index is 2.85. The molecule has 13 heavy (non-hydrogen) atoms. The van der Waals surface area contributed by atoms with Crippen LogP contribution < -0.4 is 0 Å². The predicted octanol–water partition coefficient (Wildman–Crippen LogP) is 4.24. The Morgan fingerprint density at radius 1 is 1.23 bits per heavy atom. The average molecular weight is 194 g/mol. The van der Waals surface area contributed by atoms with Crippen molar-refractivity contribution in [1.29, 1.82) is 0 Å². The van der Waals surface area contributed by atoms with Crippen molar-refractivity contribution < 1.29 is 0 Å². The van der Waals surface area contributed by atoms with Gasteiger partial charge in [0.1, 0.15) is 0 Å². The second kappa shape index (κ2) is 3.12. The van der Waals surface area contributed by atoms with Crippen LogP contribution in [0.15, 0.2) is 23.3 Å². The topological polar surface area (TPSA) is 0 Å². The van der Waals surface area contributed by atoms with E-state index in [0.29, 0.717) is 5.41 Å². The largest absolute Gasteiger partial charge is 0.0746 e. The van der Waals surface area contributed by atoms with Crippen LogP contribution in [0.1, 0.15) is 20.8 Å². The van der Waals surface area contributed by atoms with Crippen molar-refractivity contribution in [2.75, 3.05) is 0 Å². The number of hydrogen-bond acceptors (Lipinski definition) is 0. The molecule has 1 aliphatic rings. The lowest BCUT2D eigenvalue weighted by Gasteiger charge is -2.21. The molecule has 0 radical (unpaired) electrons. The maximum Gasteiger partial charge on any atom is 0.0487 e. The van der Waals surface area contributed by atoms with Crippen molar-refractivity contribution in [2.45, 2.75) is 46.5 Å². The highest BCUT2D eigenvalue weighted by atomic mass is 28.3. The first-order chi connectivity index (χ1) is 5.72. The van der Waals surface area contributed by atoms with Crippen LogP contribution >= 0.6 is 0 Å². The van der Waals surface area contributed by atoms with Crippen molar-refractivity contribution in [3.63, 3.8) is 0 Å². The minimum atomic E-state index is -0.936. The Morgan fingerprint density at radius 2 is 1.77 bits per heavy atom. The van der Waals surface area contributed by atoms with Gasteiger partial charge in [0.2, 0.25) is 0 Å². The van der Waals surface area contributed by atoms with Crippen molar-refractivity contribution in [2.24, 2.45) is 5.41 Å². The van der Waals surface area contributed by atoms with Gasteiger partial charge in [0.05, 0.1) is 0 Å². The van der Waals surface area contributed by atoms with Gasteiger partial charge < -0.3 is 0 Å². The van der Waals surface area contributed by atoms with E-state index in [1.807, 2.05) is 0 Å². The van der Waals surface area contributed by atoms with Crippen molar-refractivity contribution in [3.05, 3.63) is 23.3 Å². The zero-order valence-electron chi connectivity index (χ0n) is 9.86. The van der Waals surface area contributed by atoms with Crippen LogP contribution in [-0.4, -0.2) is 8.07 Å². The maximum absolute atomic E-state index is 2.44. The molecule has 0 heterocycles. The molecule has 0 saturated carbocycles. The summed E-state index contributed by atoms with van der Waals surface area (Å²) in [4.78, 5) is 0. The lowest BCUT2D eigenvalue weighted by molar-refractivity contribution is 0.588. The van der Waals surface area contributed by atoms with Crippen LogP contribution in [0.5, 0.6) is 0 Å². The summed E-state index contributed by atoms with van der Waals surface area (Å²) in [7, 11) is -0.936. The summed E-state index contributed by atoms with van der Waals surface area (Å²) >= 11 is 0. The summed E-state index contributed by atoms with van der Waals surface area (Å²) in [5.41, 5.74) is 3.49. The van der Waals surface area contributed by atoms with E-state index in [1.54, 1.807) is 11.1 Å². The van der Waals surface area contributed by atoms with Crippen LogP contribution in [-0.2, 0) is 0 Å². The molecule has 0 aromatic heterocycles. The molecule has 0 aromatic rings. The van der Waals surface area contributed by atoms with Crippen LogP contribution in [0.4, 0.5) is 0 Å². The van der Waals surface area contributed by atoms with Gasteiger partial charge in [-0.1, -0.05) is 56.8 Å². The highest BCUT2D eigenvalue weighted by Crippen LogP contribution is 2.38. The Bertz CT molecular complexity index is 261. The number of rotatable bonds is 2. The van der Waals surface area contributed by atoms with E-state index in [2.05, 4.69) is 52.6 Å². The molecule has 1 rings (SSSR count). The molecule has 0 fully saturated rings. The van der Waals surface area contributed by atoms with Crippen LogP contribution in [0.25, 0.3) is 0 Å². The lowest BCUT2D eigenvalue weighted by Crippen LogP contribution is -2.20. The summed E-state index contributed by atoms with van der Waals surface area (Å²) < 4.78 is 0. The molecule has 0 aromatic carbocycles. The van der Waals surface area contributed by atoms with Gasteiger partial charge in [0.25, 0.3) is 0 Å². The van der Waals surface area contributed by atoms with E-state index < -0.39 is 8.07 Å². The highest BCUT2D eigenvalue weighted by molar-refractivity contribution is 6.76. The zero-order valence-corrected chi connectivity index (χ0v) is 10.9. The predicted molar refractivity (Wildman–Crippen MR) is 63.8 cm³/mol. The molecule has 0 spiro atoms. The Labute approximate surface area is 83.7 Å². The molecule has 1 aliphatic carbocycles. The standard InChI is InChI=1S/C12H22Si/c1-10-11(9-13(4,5)6)7-8-12(10,2)3/h7-8H,9H2,1-6H3. The third-order valence-corrected chi connectivity index (χ3v) is 4.31. The first-order valence-electron chi connectivity index (χ1n) is 5.12. The first kappa shape index (κ1) is 10.8. The normalized spacial score (nSPS) is 21.4. The van der Waals surface area contributed by atoms with Crippen LogP contribution in [0.3, 0.4) is 0 Å². The van der Waals surface area contributed by atoms with Gasteiger partial charge in [-0.25, -0.2) is 0 Å². The zero-order chi connectivity index (χ0) is 10.3. The molecule has 0 saturated heterocycles. The van der Waals surface area contributed by atoms with Gasteiger partial charge in [0.15, 0.2) is 0 Å². The Hall–Kier alpha value is -0.303. The highest BCUT2D eigenvalue weighted by Gasteiger charge is 2.26. The van der Waals surface area contributed by atoms with Crippen molar-refractivity contribution >= 4 is 8.07 Å².